The normalized spacial score (nSPS) is 21.8. The Hall–Kier alpha value is -0.680. The molecule has 2 rings (SSSR count). The van der Waals surface area contributed by atoms with Gasteiger partial charge in [0, 0.05) is 25.1 Å². The summed E-state index contributed by atoms with van der Waals surface area (Å²) in [5.41, 5.74) is 1.11. The van der Waals surface area contributed by atoms with Gasteiger partial charge in [0.05, 0.1) is 0 Å². The van der Waals surface area contributed by atoms with Crippen molar-refractivity contribution in [3.8, 4) is 0 Å². The third-order valence-electron chi connectivity index (χ3n) is 3.79. The molecule has 4 nitrogen and oxygen atoms in total. The van der Waals surface area contributed by atoms with E-state index in [1.165, 1.54) is 56.7 Å². The second-order valence-electron chi connectivity index (χ2n) is 5.16. The fraction of sp³-hybridized carbons (Fsp3) is 0.846. The molecule has 0 bridgehead atoms. The van der Waals surface area contributed by atoms with Crippen molar-refractivity contribution < 1.29 is 0 Å². The fourth-order valence-electron chi connectivity index (χ4n) is 2.79. The quantitative estimate of drug-likeness (QED) is 0.891. The standard InChI is InChI=1S/C13H24N4S/c1-3-5-11-6-4-8-17(9-7-11)10-12-13(14-2)18-16-15-12/h11,14H,3-10H2,1-2H3. The van der Waals surface area contributed by atoms with Crippen molar-refractivity contribution in [1.82, 2.24) is 14.5 Å². The molecule has 1 aromatic rings. The van der Waals surface area contributed by atoms with Crippen molar-refractivity contribution in [2.45, 2.75) is 45.6 Å². The van der Waals surface area contributed by atoms with Crippen LogP contribution in [0.25, 0.3) is 0 Å². The lowest BCUT2D eigenvalue weighted by Gasteiger charge is -2.19. The largest absolute Gasteiger partial charge is 0.377 e. The summed E-state index contributed by atoms with van der Waals surface area (Å²) in [6.45, 7) is 5.67. The number of hydrogen-bond acceptors (Lipinski definition) is 5. The van der Waals surface area contributed by atoms with Crippen LogP contribution in [0.3, 0.4) is 0 Å². The lowest BCUT2D eigenvalue weighted by Crippen LogP contribution is -2.24. The smallest absolute Gasteiger partial charge is 0.134 e. The zero-order valence-corrected chi connectivity index (χ0v) is 12.3. The van der Waals surface area contributed by atoms with Crippen molar-refractivity contribution in [2.24, 2.45) is 5.92 Å². The molecule has 1 aliphatic heterocycles. The maximum Gasteiger partial charge on any atom is 0.134 e. The molecule has 1 saturated heterocycles. The number of likely N-dealkylation sites (tertiary alicyclic amines) is 1. The van der Waals surface area contributed by atoms with Gasteiger partial charge >= 0.3 is 0 Å². The maximum absolute atomic E-state index is 4.23. The van der Waals surface area contributed by atoms with Crippen molar-refractivity contribution in [3.63, 3.8) is 0 Å². The van der Waals surface area contributed by atoms with Gasteiger partial charge in [-0.1, -0.05) is 24.3 Å². The van der Waals surface area contributed by atoms with Crippen LogP contribution in [0.15, 0.2) is 0 Å². The lowest BCUT2D eigenvalue weighted by atomic mass is 9.96. The van der Waals surface area contributed by atoms with Gasteiger partial charge in [-0.25, -0.2) is 0 Å². The first-order valence-electron chi connectivity index (χ1n) is 7.04. The van der Waals surface area contributed by atoms with Crippen LogP contribution in [0.5, 0.6) is 0 Å². The topological polar surface area (TPSA) is 41.1 Å². The summed E-state index contributed by atoms with van der Waals surface area (Å²) in [6.07, 6.45) is 6.80. The Morgan fingerprint density at radius 2 is 2.28 bits per heavy atom. The van der Waals surface area contributed by atoms with E-state index in [0.29, 0.717) is 0 Å². The predicted molar refractivity (Wildman–Crippen MR) is 77.0 cm³/mol. The van der Waals surface area contributed by atoms with Crippen LogP contribution in [0, 0.1) is 5.92 Å². The Morgan fingerprint density at radius 1 is 1.39 bits per heavy atom. The zero-order chi connectivity index (χ0) is 12.8. The fourth-order valence-corrected chi connectivity index (χ4v) is 3.32. The average molecular weight is 268 g/mol. The summed E-state index contributed by atoms with van der Waals surface area (Å²) in [5.74, 6) is 0.942. The molecule has 0 spiro atoms. The number of hydrogen-bond donors (Lipinski definition) is 1. The highest BCUT2D eigenvalue weighted by Crippen LogP contribution is 2.24. The highest BCUT2D eigenvalue weighted by molar-refractivity contribution is 7.10. The van der Waals surface area contributed by atoms with E-state index >= 15 is 0 Å². The summed E-state index contributed by atoms with van der Waals surface area (Å²) in [6, 6.07) is 0. The van der Waals surface area contributed by atoms with Crippen LogP contribution < -0.4 is 5.32 Å². The van der Waals surface area contributed by atoms with Gasteiger partial charge in [0.15, 0.2) is 0 Å². The number of nitrogens with one attached hydrogen (secondary N) is 1. The molecule has 1 fully saturated rings. The summed E-state index contributed by atoms with van der Waals surface area (Å²) in [4.78, 5) is 2.53. The third kappa shape index (κ3) is 3.65. The minimum absolute atomic E-state index is 0.942. The van der Waals surface area contributed by atoms with E-state index in [1.54, 1.807) is 0 Å². The van der Waals surface area contributed by atoms with Crippen molar-refractivity contribution in [3.05, 3.63) is 5.69 Å². The van der Waals surface area contributed by atoms with Crippen LogP contribution in [0.2, 0.25) is 0 Å². The Bertz CT molecular complexity index is 353. The molecular formula is C13H24N4S. The summed E-state index contributed by atoms with van der Waals surface area (Å²) < 4.78 is 4.03. The van der Waals surface area contributed by atoms with Crippen LogP contribution in [0.4, 0.5) is 5.00 Å². The Morgan fingerprint density at radius 3 is 3.06 bits per heavy atom. The van der Waals surface area contributed by atoms with Crippen LogP contribution in [-0.2, 0) is 6.54 Å². The molecule has 102 valence electrons. The second kappa shape index (κ2) is 7.04. The lowest BCUT2D eigenvalue weighted by molar-refractivity contribution is 0.268. The summed E-state index contributed by atoms with van der Waals surface area (Å²) >= 11 is 1.45. The molecule has 18 heavy (non-hydrogen) atoms. The van der Waals surface area contributed by atoms with Crippen molar-refractivity contribution in [1.29, 1.82) is 0 Å². The first-order chi connectivity index (χ1) is 8.83. The monoisotopic (exact) mass is 268 g/mol. The molecule has 1 N–H and O–H groups in total. The number of rotatable bonds is 5. The van der Waals surface area contributed by atoms with Gasteiger partial charge in [0.25, 0.3) is 0 Å². The van der Waals surface area contributed by atoms with Crippen molar-refractivity contribution in [2.75, 3.05) is 25.5 Å². The first kappa shape index (κ1) is 13.7. The molecule has 1 aromatic heterocycles. The molecule has 1 unspecified atom stereocenters. The zero-order valence-electron chi connectivity index (χ0n) is 11.5. The van der Waals surface area contributed by atoms with Gasteiger partial charge < -0.3 is 5.32 Å². The van der Waals surface area contributed by atoms with Crippen LogP contribution in [0.1, 0.15) is 44.7 Å². The molecule has 0 aromatic carbocycles. The van der Waals surface area contributed by atoms with Gasteiger partial charge in [0.2, 0.25) is 0 Å². The van der Waals surface area contributed by atoms with E-state index in [2.05, 4.69) is 26.7 Å². The maximum atomic E-state index is 4.23. The van der Waals surface area contributed by atoms with Gasteiger partial charge in [0.1, 0.15) is 10.7 Å². The van der Waals surface area contributed by atoms with Gasteiger partial charge in [-0.3, -0.25) is 4.90 Å². The average Bonchev–Trinajstić information content (AvgIpc) is 2.71. The molecule has 2 heterocycles. The first-order valence-corrected chi connectivity index (χ1v) is 7.82. The van der Waals surface area contributed by atoms with Gasteiger partial charge in [-0.05, 0) is 38.3 Å². The molecule has 1 atom stereocenters. The minimum atomic E-state index is 0.942. The summed E-state index contributed by atoms with van der Waals surface area (Å²) in [7, 11) is 1.94. The van der Waals surface area contributed by atoms with E-state index in [-0.39, 0.29) is 0 Å². The molecule has 1 aliphatic rings. The number of anilines is 1. The SMILES string of the molecule is CCCC1CCCN(Cc2nnsc2NC)CC1. The highest BCUT2D eigenvalue weighted by atomic mass is 32.1. The molecule has 5 heteroatoms. The van der Waals surface area contributed by atoms with Gasteiger partial charge in [-0.2, -0.15) is 0 Å². The van der Waals surface area contributed by atoms with Gasteiger partial charge in [-0.15, -0.1) is 5.10 Å². The predicted octanol–water partition coefficient (Wildman–Crippen LogP) is 2.98. The van der Waals surface area contributed by atoms with Crippen LogP contribution in [-0.4, -0.2) is 34.6 Å². The number of nitrogens with zero attached hydrogens (tertiary/aromatic N) is 3. The van der Waals surface area contributed by atoms with E-state index in [9.17, 15) is 0 Å². The van der Waals surface area contributed by atoms with E-state index in [4.69, 9.17) is 0 Å². The molecular weight excluding hydrogens is 244 g/mol. The highest BCUT2D eigenvalue weighted by Gasteiger charge is 2.18. The van der Waals surface area contributed by atoms with Crippen molar-refractivity contribution >= 4 is 16.5 Å². The minimum Gasteiger partial charge on any atom is -0.377 e. The number of aromatic nitrogens is 2. The molecule has 0 saturated carbocycles. The van der Waals surface area contributed by atoms with E-state index in [0.717, 1.165) is 23.2 Å². The Kier molecular flexibility index (Phi) is 5.38. The third-order valence-corrected chi connectivity index (χ3v) is 4.58. The molecule has 0 radical (unpaired) electrons. The molecule has 0 aliphatic carbocycles. The second-order valence-corrected chi connectivity index (χ2v) is 5.91. The Labute approximate surface area is 114 Å². The summed E-state index contributed by atoms with van der Waals surface area (Å²) in [5, 5.41) is 8.52. The van der Waals surface area contributed by atoms with E-state index < -0.39 is 0 Å². The van der Waals surface area contributed by atoms with Crippen LogP contribution >= 0.6 is 11.5 Å². The van der Waals surface area contributed by atoms with E-state index in [1.807, 2.05) is 7.05 Å². The Balaban J connectivity index is 1.87. The molecule has 0 amide bonds.